The summed E-state index contributed by atoms with van der Waals surface area (Å²) in [5, 5.41) is 23.7. The molecule has 1 amide bonds. The van der Waals surface area contributed by atoms with Gasteiger partial charge < -0.3 is 20.3 Å². The smallest absolute Gasteiger partial charge is 0.306 e. The Labute approximate surface area is 371 Å². The Morgan fingerprint density at radius 1 is 0.517 bits per heavy atom. The van der Waals surface area contributed by atoms with Crippen LogP contribution in [0.5, 0.6) is 0 Å². The van der Waals surface area contributed by atoms with E-state index >= 15 is 0 Å². The summed E-state index contributed by atoms with van der Waals surface area (Å²) in [6, 6.07) is -0.746. The molecule has 0 aromatic rings. The molecule has 0 bridgehead atoms. The van der Waals surface area contributed by atoms with Crippen LogP contribution < -0.4 is 5.32 Å². The number of nitrogens with one attached hydrogen (secondary N) is 1. The van der Waals surface area contributed by atoms with Crippen molar-refractivity contribution < 1.29 is 24.5 Å². The van der Waals surface area contributed by atoms with Crippen LogP contribution in [0.4, 0.5) is 0 Å². The molecule has 0 aliphatic carbocycles. The lowest BCUT2D eigenvalue weighted by Gasteiger charge is -2.23. The van der Waals surface area contributed by atoms with E-state index in [9.17, 15) is 19.8 Å². The second-order valence-corrected chi connectivity index (χ2v) is 16.8. The summed E-state index contributed by atoms with van der Waals surface area (Å²) >= 11 is 0. The molecule has 0 heterocycles. The third-order valence-corrected chi connectivity index (χ3v) is 11.0. The monoisotopic (exact) mass is 838 g/mol. The van der Waals surface area contributed by atoms with Gasteiger partial charge in [0.15, 0.2) is 0 Å². The summed E-state index contributed by atoms with van der Waals surface area (Å²) < 4.78 is 5.80. The number of ether oxygens (including phenoxy) is 1. The molecular formula is C54H95NO5. The number of carbonyl (C=O) groups is 2. The Morgan fingerprint density at radius 3 is 1.40 bits per heavy atom. The lowest BCUT2D eigenvalue weighted by Crippen LogP contribution is -2.46. The van der Waals surface area contributed by atoms with Crippen molar-refractivity contribution >= 4 is 11.9 Å². The lowest BCUT2D eigenvalue weighted by molar-refractivity contribution is -0.148. The topological polar surface area (TPSA) is 95.9 Å². The molecule has 0 radical (unpaired) electrons. The van der Waals surface area contributed by atoms with Crippen LogP contribution >= 0.6 is 0 Å². The number of allylic oxidation sites excluding steroid dienone is 11. The molecule has 0 aromatic heterocycles. The molecule has 346 valence electrons. The summed E-state index contributed by atoms with van der Waals surface area (Å²) in [5.41, 5.74) is 0. The first-order valence-corrected chi connectivity index (χ1v) is 25.2. The number of aliphatic hydroxyl groups is 2. The molecule has 60 heavy (non-hydrogen) atoms. The van der Waals surface area contributed by atoms with Crippen molar-refractivity contribution in [2.45, 2.75) is 251 Å². The van der Waals surface area contributed by atoms with Crippen molar-refractivity contribution in [1.29, 1.82) is 0 Å². The van der Waals surface area contributed by atoms with E-state index in [4.69, 9.17) is 4.74 Å². The van der Waals surface area contributed by atoms with E-state index in [0.717, 1.165) is 77.0 Å². The quantitative estimate of drug-likeness (QED) is 0.0323. The second-order valence-electron chi connectivity index (χ2n) is 16.8. The number of aliphatic hydroxyl groups excluding tert-OH is 2. The number of hydrogen-bond donors (Lipinski definition) is 3. The maximum atomic E-state index is 13.1. The van der Waals surface area contributed by atoms with Gasteiger partial charge in [-0.25, -0.2) is 0 Å². The average molecular weight is 838 g/mol. The summed E-state index contributed by atoms with van der Waals surface area (Å²) in [7, 11) is 0. The zero-order valence-electron chi connectivity index (χ0n) is 39.3. The molecule has 0 spiro atoms. The minimum atomic E-state index is -0.823. The average Bonchev–Trinajstić information content (AvgIpc) is 3.24. The minimum absolute atomic E-state index is 0.0536. The fourth-order valence-electron chi connectivity index (χ4n) is 7.21. The maximum absolute atomic E-state index is 13.1. The molecule has 6 nitrogen and oxygen atoms in total. The molecule has 0 saturated heterocycles. The van der Waals surface area contributed by atoms with Crippen molar-refractivity contribution in [2.75, 3.05) is 6.61 Å². The Morgan fingerprint density at radius 2 is 0.933 bits per heavy atom. The van der Waals surface area contributed by atoms with E-state index in [-0.39, 0.29) is 24.9 Å². The standard InChI is InChI=1S/C54H95NO5/c1-4-7-10-13-16-19-22-25-28-30-33-36-39-42-45-50(60-54(59)47-44-41-38-35-32-27-24-21-18-15-12-9-6-3)48-53(58)55-51(49-56)52(57)46-43-40-37-34-31-29-26-23-20-17-14-11-8-5-2/h7,10,16,19,25,27-28,32-33,36,42,45,50-52,56-57H,4-6,8-9,11-15,17-18,20-24,26,29-31,34-35,37-41,43-44,46-49H2,1-3H3,(H,55,58)/b10-7+,19-16+,28-25+,32-27-,36-33+,45-42+. The summed E-state index contributed by atoms with van der Waals surface area (Å²) in [6.07, 6.45) is 59.9. The van der Waals surface area contributed by atoms with Crippen molar-refractivity contribution in [3.05, 3.63) is 72.9 Å². The molecule has 0 fully saturated rings. The van der Waals surface area contributed by atoms with Gasteiger partial charge in [0.25, 0.3) is 0 Å². The van der Waals surface area contributed by atoms with Gasteiger partial charge in [0.05, 0.1) is 25.2 Å². The fraction of sp³-hybridized carbons (Fsp3) is 0.741. The Kier molecular flexibility index (Phi) is 45.2. The number of hydrogen-bond acceptors (Lipinski definition) is 5. The largest absolute Gasteiger partial charge is 0.458 e. The first-order valence-electron chi connectivity index (χ1n) is 25.2. The van der Waals surface area contributed by atoms with E-state index < -0.39 is 18.2 Å². The van der Waals surface area contributed by atoms with Crippen LogP contribution in [0.15, 0.2) is 72.9 Å². The number of esters is 1. The van der Waals surface area contributed by atoms with Gasteiger partial charge >= 0.3 is 5.97 Å². The predicted octanol–water partition coefficient (Wildman–Crippen LogP) is 15.0. The zero-order chi connectivity index (χ0) is 43.8. The van der Waals surface area contributed by atoms with E-state index in [1.807, 2.05) is 6.08 Å². The molecule has 0 aliphatic heterocycles. The van der Waals surface area contributed by atoms with Crippen LogP contribution in [0.3, 0.4) is 0 Å². The molecule has 3 atom stereocenters. The molecule has 0 aliphatic rings. The Bertz CT molecular complexity index is 1120. The second kappa shape index (κ2) is 47.4. The first-order chi connectivity index (χ1) is 29.5. The van der Waals surface area contributed by atoms with Crippen LogP contribution in [0.2, 0.25) is 0 Å². The summed E-state index contributed by atoms with van der Waals surface area (Å²) in [5.74, 6) is -0.649. The highest BCUT2D eigenvalue weighted by Gasteiger charge is 2.23. The summed E-state index contributed by atoms with van der Waals surface area (Å²) in [4.78, 5) is 26.0. The van der Waals surface area contributed by atoms with Crippen LogP contribution in [0.1, 0.15) is 233 Å². The SMILES string of the molecule is CC/C=C/C/C=C/C/C=C/C/C=C/C/C=C/C(CC(=O)NC(CO)C(O)CCCCCCCCCCCCCCCC)OC(=O)CCCCC/C=C\CCCCCCCC. The molecular weight excluding hydrogens is 743 g/mol. The third kappa shape index (κ3) is 42.0. The highest BCUT2D eigenvalue weighted by molar-refractivity contribution is 5.78. The number of amides is 1. The van der Waals surface area contributed by atoms with Gasteiger partial charge in [-0.1, -0.05) is 216 Å². The predicted molar refractivity (Wildman–Crippen MR) is 259 cm³/mol. The number of rotatable bonds is 44. The van der Waals surface area contributed by atoms with E-state index in [1.54, 1.807) is 6.08 Å². The lowest BCUT2D eigenvalue weighted by atomic mass is 10.0. The Balaban J connectivity index is 4.75. The number of unbranched alkanes of at least 4 members (excludes halogenated alkanes) is 22. The molecule has 0 saturated carbocycles. The van der Waals surface area contributed by atoms with Crippen molar-refractivity contribution in [1.82, 2.24) is 5.32 Å². The van der Waals surface area contributed by atoms with Crippen molar-refractivity contribution in [2.24, 2.45) is 0 Å². The van der Waals surface area contributed by atoms with Crippen LogP contribution in [0, 0.1) is 0 Å². The van der Waals surface area contributed by atoms with Gasteiger partial charge in [-0.15, -0.1) is 0 Å². The zero-order valence-corrected chi connectivity index (χ0v) is 39.3. The minimum Gasteiger partial charge on any atom is -0.458 e. The van der Waals surface area contributed by atoms with Crippen LogP contribution in [0.25, 0.3) is 0 Å². The number of carbonyl (C=O) groups excluding carboxylic acids is 2. The third-order valence-electron chi connectivity index (χ3n) is 11.0. The van der Waals surface area contributed by atoms with E-state index in [1.165, 1.54) is 109 Å². The van der Waals surface area contributed by atoms with Gasteiger partial charge in [-0.3, -0.25) is 9.59 Å². The summed E-state index contributed by atoms with van der Waals surface area (Å²) in [6.45, 7) is 6.32. The normalized spacial score (nSPS) is 13.9. The van der Waals surface area contributed by atoms with Gasteiger partial charge in [0.2, 0.25) is 5.91 Å². The van der Waals surface area contributed by atoms with E-state index in [2.05, 4.69) is 86.8 Å². The van der Waals surface area contributed by atoms with Crippen LogP contribution in [-0.2, 0) is 14.3 Å². The highest BCUT2D eigenvalue weighted by atomic mass is 16.5. The first kappa shape index (κ1) is 57.3. The molecule has 0 rings (SSSR count). The fourth-order valence-corrected chi connectivity index (χ4v) is 7.21. The van der Waals surface area contributed by atoms with Crippen LogP contribution in [-0.4, -0.2) is 46.9 Å². The molecule has 6 heteroatoms. The Hall–Kier alpha value is -2.70. The van der Waals surface area contributed by atoms with Gasteiger partial charge in [0, 0.05) is 6.42 Å². The molecule has 0 aromatic carbocycles. The van der Waals surface area contributed by atoms with Crippen molar-refractivity contribution in [3.8, 4) is 0 Å². The maximum Gasteiger partial charge on any atom is 0.306 e. The van der Waals surface area contributed by atoms with Gasteiger partial charge in [0.1, 0.15) is 6.10 Å². The molecule has 3 N–H and O–H groups in total. The highest BCUT2D eigenvalue weighted by Crippen LogP contribution is 2.16. The van der Waals surface area contributed by atoms with Gasteiger partial charge in [-0.05, 0) is 76.7 Å². The molecule has 3 unspecified atom stereocenters. The van der Waals surface area contributed by atoms with Gasteiger partial charge in [-0.2, -0.15) is 0 Å². The van der Waals surface area contributed by atoms with E-state index in [0.29, 0.717) is 19.3 Å². The van der Waals surface area contributed by atoms with Crippen molar-refractivity contribution in [3.63, 3.8) is 0 Å².